The van der Waals surface area contributed by atoms with Crippen molar-refractivity contribution in [2.24, 2.45) is 11.7 Å². The highest BCUT2D eigenvalue weighted by Crippen LogP contribution is 2.42. The minimum atomic E-state index is -4.75. The summed E-state index contributed by atoms with van der Waals surface area (Å²) in [7, 11) is 0. The molecule has 0 heterocycles. The molecule has 1 aromatic rings. The maximum atomic E-state index is 13.9. The molecule has 0 radical (unpaired) electrons. The molecule has 0 aromatic heterocycles. The summed E-state index contributed by atoms with van der Waals surface area (Å²) in [6.45, 7) is 0. The van der Waals surface area contributed by atoms with E-state index < -0.39 is 40.3 Å². The lowest BCUT2D eigenvalue weighted by Gasteiger charge is -2.23. The monoisotopic (exact) mass is 297 g/mol. The molecule has 19 heavy (non-hydrogen) atoms. The number of aliphatic hydroxyl groups is 1. The van der Waals surface area contributed by atoms with Crippen LogP contribution in [0, 0.1) is 11.7 Å². The zero-order chi connectivity index (χ0) is 14.4. The SMILES string of the molecule is N[C@H](c1c(C(F)(F)F)ccc(Cl)c1F)[C@@H](O)C1CC1. The number of hydrogen-bond donors (Lipinski definition) is 2. The van der Waals surface area contributed by atoms with Gasteiger partial charge in [0.15, 0.2) is 0 Å². The zero-order valence-corrected chi connectivity index (χ0v) is 10.5. The maximum absolute atomic E-state index is 13.9. The van der Waals surface area contributed by atoms with E-state index in [2.05, 4.69) is 0 Å². The third-order valence-electron chi connectivity index (χ3n) is 3.24. The van der Waals surface area contributed by atoms with Crippen LogP contribution in [0.5, 0.6) is 0 Å². The highest BCUT2D eigenvalue weighted by Gasteiger charge is 2.41. The first-order chi connectivity index (χ1) is 8.73. The van der Waals surface area contributed by atoms with Crippen molar-refractivity contribution in [2.45, 2.75) is 31.2 Å². The molecule has 2 atom stereocenters. The molecule has 2 nitrogen and oxygen atoms in total. The van der Waals surface area contributed by atoms with Crippen LogP contribution in [0.15, 0.2) is 12.1 Å². The van der Waals surface area contributed by atoms with E-state index in [-0.39, 0.29) is 5.92 Å². The first-order valence-electron chi connectivity index (χ1n) is 5.72. The first-order valence-corrected chi connectivity index (χ1v) is 6.10. The van der Waals surface area contributed by atoms with Crippen molar-refractivity contribution < 1.29 is 22.7 Å². The van der Waals surface area contributed by atoms with Crippen LogP contribution in [0.2, 0.25) is 5.02 Å². The number of alkyl halides is 3. The Balaban J connectivity index is 2.49. The van der Waals surface area contributed by atoms with E-state index in [9.17, 15) is 22.7 Å². The van der Waals surface area contributed by atoms with Gasteiger partial charge in [0, 0.05) is 5.56 Å². The minimum absolute atomic E-state index is 0.172. The van der Waals surface area contributed by atoms with Crippen LogP contribution in [-0.2, 0) is 6.18 Å². The van der Waals surface area contributed by atoms with Crippen LogP contribution in [0.4, 0.5) is 17.6 Å². The second-order valence-electron chi connectivity index (χ2n) is 4.67. The Labute approximate surface area is 112 Å². The van der Waals surface area contributed by atoms with Gasteiger partial charge in [-0.3, -0.25) is 0 Å². The average molecular weight is 298 g/mol. The molecule has 0 saturated heterocycles. The summed E-state index contributed by atoms with van der Waals surface area (Å²) in [5, 5.41) is 9.37. The van der Waals surface area contributed by atoms with Gasteiger partial charge in [0.25, 0.3) is 0 Å². The van der Waals surface area contributed by atoms with Crippen LogP contribution in [-0.4, -0.2) is 11.2 Å². The number of rotatable bonds is 3. The summed E-state index contributed by atoms with van der Waals surface area (Å²) in [6.07, 6.45) is -4.59. The van der Waals surface area contributed by atoms with Gasteiger partial charge >= 0.3 is 6.18 Å². The molecule has 106 valence electrons. The first kappa shape index (κ1) is 14.6. The van der Waals surface area contributed by atoms with E-state index in [0.717, 1.165) is 6.07 Å². The third kappa shape index (κ3) is 2.85. The fraction of sp³-hybridized carbons (Fsp3) is 0.500. The second kappa shape index (κ2) is 4.92. The van der Waals surface area contributed by atoms with Gasteiger partial charge in [0.05, 0.1) is 22.7 Å². The Morgan fingerprint density at radius 3 is 2.37 bits per heavy atom. The standard InChI is InChI=1S/C12H12ClF4NO/c13-7-4-3-6(12(15,16)17)8(9(7)14)10(18)11(19)5-1-2-5/h3-5,10-11,19H,1-2,18H2/t10-,11+/m1/s1. The molecule has 1 fully saturated rings. The normalized spacial score (nSPS) is 19.3. The molecule has 0 aliphatic heterocycles. The molecular weight excluding hydrogens is 286 g/mol. The number of nitrogens with two attached hydrogens (primary N) is 1. The predicted molar refractivity (Wildman–Crippen MR) is 62.1 cm³/mol. The number of benzene rings is 1. The van der Waals surface area contributed by atoms with Crippen LogP contribution in [0.3, 0.4) is 0 Å². The average Bonchev–Trinajstić information content (AvgIpc) is 3.13. The van der Waals surface area contributed by atoms with Crippen molar-refractivity contribution in [1.82, 2.24) is 0 Å². The van der Waals surface area contributed by atoms with Gasteiger partial charge in [-0.05, 0) is 30.9 Å². The Bertz CT molecular complexity index is 487. The Kier molecular flexibility index (Phi) is 3.77. The summed E-state index contributed by atoms with van der Waals surface area (Å²) < 4.78 is 52.4. The fourth-order valence-electron chi connectivity index (χ4n) is 2.04. The Hall–Kier alpha value is -0.850. The summed E-state index contributed by atoms with van der Waals surface area (Å²) in [6, 6.07) is 0.0717. The van der Waals surface area contributed by atoms with Crippen molar-refractivity contribution in [1.29, 1.82) is 0 Å². The summed E-state index contributed by atoms with van der Waals surface area (Å²) in [4.78, 5) is 0. The predicted octanol–water partition coefficient (Wildman–Crippen LogP) is 3.27. The van der Waals surface area contributed by atoms with Gasteiger partial charge in [-0.1, -0.05) is 11.6 Å². The molecule has 2 rings (SSSR count). The van der Waals surface area contributed by atoms with Crippen molar-refractivity contribution in [3.8, 4) is 0 Å². The topological polar surface area (TPSA) is 46.2 Å². The molecule has 0 amide bonds. The molecule has 1 aliphatic rings. The molecule has 0 bridgehead atoms. The fourth-order valence-corrected chi connectivity index (χ4v) is 2.21. The lowest BCUT2D eigenvalue weighted by molar-refractivity contribution is -0.138. The van der Waals surface area contributed by atoms with Gasteiger partial charge in [-0.15, -0.1) is 0 Å². The van der Waals surface area contributed by atoms with E-state index in [4.69, 9.17) is 17.3 Å². The van der Waals surface area contributed by atoms with Crippen molar-refractivity contribution in [3.63, 3.8) is 0 Å². The lowest BCUT2D eigenvalue weighted by atomic mass is 9.93. The van der Waals surface area contributed by atoms with E-state index >= 15 is 0 Å². The summed E-state index contributed by atoms with van der Waals surface area (Å²) in [5.74, 6) is -1.39. The zero-order valence-electron chi connectivity index (χ0n) is 9.72. The molecule has 0 unspecified atom stereocenters. The van der Waals surface area contributed by atoms with Crippen LogP contribution >= 0.6 is 11.6 Å². The van der Waals surface area contributed by atoms with Gasteiger partial charge in [-0.2, -0.15) is 13.2 Å². The van der Waals surface area contributed by atoms with Crippen LogP contribution < -0.4 is 5.73 Å². The largest absolute Gasteiger partial charge is 0.416 e. The van der Waals surface area contributed by atoms with Gasteiger partial charge in [0.2, 0.25) is 0 Å². The molecule has 1 aromatic carbocycles. The molecule has 1 aliphatic carbocycles. The van der Waals surface area contributed by atoms with E-state index in [1.54, 1.807) is 0 Å². The molecule has 7 heteroatoms. The van der Waals surface area contributed by atoms with E-state index in [0.29, 0.717) is 18.9 Å². The van der Waals surface area contributed by atoms with Crippen molar-refractivity contribution in [3.05, 3.63) is 34.1 Å². The van der Waals surface area contributed by atoms with E-state index in [1.807, 2.05) is 0 Å². The van der Waals surface area contributed by atoms with Gasteiger partial charge in [-0.25, -0.2) is 4.39 Å². The highest BCUT2D eigenvalue weighted by atomic mass is 35.5. The quantitative estimate of drug-likeness (QED) is 0.841. The lowest BCUT2D eigenvalue weighted by Crippen LogP contribution is -2.31. The molecular formula is C12H12ClF4NO. The molecule has 0 spiro atoms. The molecule has 3 N–H and O–H groups in total. The number of aliphatic hydroxyl groups excluding tert-OH is 1. The smallest absolute Gasteiger partial charge is 0.391 e. The highest BCUT2D eigenvalue weighted by molar-refractivity contribution is 6.30. The molecule has 1 saturated carbocycles. The van der Waals surface area contributed by atoms with Crippen molar-refractivity contribution >= 4 is 11.6 Å². The number of hydrogen-bond acceptors (Lipinski definition) is 2. The number of halogens is 5. The van der Waals surface area contributed by atoms with E-state index in [1.165, 1.54) is 0 Å². The summed E-state index contributed by atoms with van der Waals surface area (Å²) in [5.41, 5.74) is 3.64. The Morgan fingerprint density at radius 2 is 1.89 bits per heavy atom. The van der Waals surface area contributed by atoms with Gasteiger partial charge < -0.3 is 10.8 Å². The Morgan fingerprint density at radius 1 is 1.32 bits per heavy atom. The van der Waals surface area contributed by atoms with Crippen molar-refractivity contribution in [2.75, 3.05) is 0 Å². The second-order valence-corrected chi connectivity index (χ2v) is 5.08. The van der Waals surface area contributed by atoms with Gasteiger partial charge in [0.1, 0.15) is 5.82 Å². The summed E-state index contributed by atoms with van der Waals surface area (Å²) >= 11 is 5.50. The van der Waals surface area contributed by atoms with Crippen LogP contribution in [0.1, 0.15) is 30.0 Å². The minimum Gasteiger partial charge on any atom is -0.391 e. The van der Waals surface area contributed by atoms with Crippen LogP contribution in [0.25, 0.3) is 0 Å². The maximum Gasteiger partial charge on any atom is 0.416 e. The third-order valence-corrected chi connectivity index (χ3v) is 3.54.